The topological polar surface area (TPSA) is 99.1 Å². The Morgan fingerprint density at radius 3 is 2.12 bits per heavy atom. The molecule has 0 fully saturated rings. The van der Waals surface area contributed by atoms with E-state index in [4.69, 9.17) is 9.47 Å². The maximum Gasteiger partial charge on any atom is 0.297 e. The fourth-order valence-corrected chi connectivity index (χ4v) is 5.74. The summed E-state index contributed by atoms with van der Waals surface area (Å²) < 4.78 is 57.1. The molecule has 0 radical (unpaired) electrons. The Kier molecular flexibility index (Phi) is 4.53. The fraction of sp³-hybridized carbons (Fsp3) is 0.235. The number of rotatable bonds is 5. The minimum atomic E-state index is -4.05. The summed E-state index contributed by atoms with van der Waals surface area (Å²) in [6, 6.07) is 15.7. The van der Waals surface area contributed by atoms with Gasteiger partial charge in [0.25, 0.3) is 4.20 Å². The quantitative estimate of drug-likeness (QED) is 0.768. The summed E-state index contributed by atoms with van der Waals surface area (Å²) in [5, 5.41) is 0. The van der Waals surface area contributed by atoms with Crippen molar-refractivity contribution in [2.75, 3.05) is 19.1 Å². The van der Waals surface area contributed by atoms with Crippen molar-refractivity contribution in [3.8, 4) is 11.5 Å². The molecule has 2 aromatic carbocycles. The van der Waals surface area contributed by atoms with Gasteiger partial charge >= 0.3 is 0 Å². The number of benzene rings is 2. The van der Waals surface area contributed by atoms with E-state index >= 15 is 0 Å². The van der Waals surface area contributed by atoms with E-state index in [1.165, 1.54) is 0 Å². The molecule has 0 spiro atoms. The number of hydrogen-bond acceptors (Lipinski definition) is 7. The highest BCUT2D eigenvalue weighted by atomic mass is 32.3. The summed E-state index contributed by atoms with van der Waals surface area (Å²) in [6.45, 7) is -0.580. The van der Waals surface area contributed by atoms with Gasteiger partial charge in [0, 0.05) is 18.1 Å². The Labute approximate surface area is 152 Å². The van der Waals surface area contributed by atoms with Gasteiger partial charge in [-0.25, -0.2) is 21.8 Å². The van der Waals surface area contributed by atoms with Gasteiger partial charge < -0.3 is 9.47 Å². The largest absolute Gasteiger partial charge is 0.473 e. The van der Waals surface area contributed by atoms with Gasteiger partial charge in [-0.3, -0.25) is 0 Å². The zero-order chi connectivity index (χ0) is 19.0. The van der Waals surface area contributed by atoms with Crippen LogP contribution >= 0.6 is 0 Å². The van der Waals surface area contributed by atoms with E-state index in [-0.39, 0.29) is 5.90 Å². The van der Waals surface area contributed by atoms with E-state index in [1.54, 1.807) is 36.4 Å². The van der Waals surface area contributed by atoms with Crippen LogP contribution in [0.5, 0.6) is 11.5 Å². The first kappa shape index (κ1) is 18.4. The van der Waals surface area contributed by atoms with Crippen molar-refractivity contribution in [3.63, 3.8) is 0 Å². The Hall–Kier alpha value is -2.39. The lowest BCUT2D eigenvalue weighted by Gasteiger charge is -2.19. The van der Waals surface area contributed by atoms with Crippen LogP contribution in [0.1, 0.15) is 5.56 Å². The van der Waals surface area contributed by atoms with Gasteiger partial charge in [0.15, 0.2) is 19.7 Å². The van der Waals surface area contributed by atoms with Crippen molar-refractivity contribution >= 4 is 25.6 Å². The summed E-state index contributed by atoms with van der Waals surface area (Å²) in [6.07, 6.45) is 1.66. The van der Waals surface area contributed by atoms with Gasteiger partial charge in [-0.05, 0) is 30.3 Å². The highest BCUT2D eigenvalue weighted by Crippen LogP contribution is 2.33. The molecule has 0 aliphatic carbocycles. The number of aliphatic imine (C=N–C) groups is 1. The highest BCUT2D eigenvalue weighted by molar-refractivity contribution is 8.09. The van der Waals surface area contributed by atoms with Crippen LogP contribution in [0, 0.1) is 0 Å². The number of nitrogens with zero attached hydrogens (tertiary/aromatic N) is 1. The Bertz CT molecular complexity index is 1030. The summed E-state index contributed by atoms with van der Waals surface area (Å²) in [4.78, 5) is 3.94. The van der Waals surface area contributed by atoms with Crippen LogP contribution in [0.3, 0.4) is 0 Å². The molecule has 138 valence electrons. The van der Waals surface area contributed by atoms with Crippen LogP contribution in [0.4, 0.5) is 0 Å². The standard InChI is InChI=1S/C17H17NO6S2/c1-25(19,20)17(26(2,21)22)12-23-16(18-17)13-7-6-10-15(11-13)24-14-8-4-3-5-9-14/h3-11H,12H2,1-2H3. The summed E-state index contributed by atoms with van der Waals surface area (Å²) in [7, 11) is -8.11. The molecular weight excluding hydrogens is 378 g/mol. The molecule has 9 heteroatoms. The molecule has 7 nitrogen and oxygen atoms in total. The minimum absolute atomic E-state index is 0.0561. The molecule has 2 aromatic rings. The average Bonchev–Trinajstić information content (AvgIpc) is 3.03. The lowest BCUT2D eigenvalue weighted by Crippen LogP contribution is -2.45. The van der Waals surface area contributed by atoms with Crippen molar-refractivity contribution in [3.05, 3.63) is 60.2 Å². The van der Waals surface area contributed by atoms with Crippen LogP contribution in [-0.4, -0.2) is 46.1 Å². The third-order valence-corrected chi connectivity index (χ3v) is 8.43. The van der Waals surface area contributed by atoms with Gasteiger partial charge in [0.05, 0.1) is 0 Å². The molecule has 1 aliphatic heterocycles. The van der Waals surface area contributed by atoms with Gasteiger partial charge in [-0.15, -0.1) is 0 Å². The second-order valence-corrected chi connectivity index (χ2v) is 10.6. The molecule has 3 rings (SSSR count). The van der Waals surface area contributed by atoms with Crippen LogP contribution in [0.15, 0.2) is 59.6 Å². The highest BCUT2D eigenvalue weighted by Gasteiger charge is 2.55. The summed E-state index contributed by atoms with van der Waals surface area (Å²) >= 11 is 0. The molecule has 0 atom stereocenters. The first-order chi connectivity index (χ1) is 12.1. The van der Waals surface area contributed by atoms with E-state index < -0.39 is 30.5 Å². The van der Waals surface area contributed by atoms with E-state index in [0.717, 1.165) is 12.5 Å². The average molecular weight is 395 g/mol. The number of hydrogen-bond donors (Lipinski definition) is 0. The number of ether oxygens (including phenoxy) is 2. The second-order valence-electron chi connectivity index (χ2n) is 5.91. The van der Waals surface area contributed by atoms with Gasteiger partial charge in [0.1, 0.15) is 18.1 Å². The van der Waals surface area contributed by atoms with Gasteiger partial charge in [-0.1, -0.05) is 24.3 Å². The Balaban J connectivity index is 1.99. The van der Waals surface area contributed by atoms with Crippen molar-refractivity contribution in [2.24, 2.45) is 4.99 Å². The van der Waals surface area contributed by atoms with E-state index in [9.17, 15) is 16.8 Å². The SMILES string of the molecule is CS(=O)(=O)C1(S(C)(=O)=O)COC(c2cccc(Oc3ccccc3)c2)=N1. The second kappa shape index (κ2) is 6.40. The normalized spacial score (nSPS) is 16.6. The first-order valence-corrected chi connectivity index (χ1v) is 11.4. The van der Waals surface area contributed by atoms with E-state index in [0.29, 0.717) is 17.1 Å². The zero-order valence-corrected chi connectivity index (χ0v) is 15.7. The molecule has 0 saturated heterocycles. The van der Waals surface area contributed by atoms with Gasteiger partial charge in [0.2, 0.25) is 5.90 Å². The monoisotopic (exact) mass is 395 g/mol. The number of sulfone groups is 2. The molecule has 26 heavy (non-hydrogen) atoms. The molecule has 0 bridgehead atoms. The van der Waals surface area contributed by atoms with Crippen LogP contribution in [0.2, 0.25) is 0 Å². The smallest absolute Gasteiger partial charge is 0.297 e. The number of para-hydroxylation sites is 1. The van der Waals surface area contributed by atoms with Crippen molar-refractivity contribution < 1.29 is 26.3 Å². The predicted octanol–water partition coefficient (Wildman–Crippen LogP) is 2.00. The van der Waals surface area contributed by atoms with Gasteiger partial charge in [-0.2, -0.15) is 0 Å². The first-order valence-electron chi connectivity index (χ1n) is 7.58. The lowest BCUT2D eigenvalue weighted by molar-refractivity contribution is 0.325. The maximum absolute atomic E-state index is 12.1. The molecule has 0 saturated carbocycles. The Morgan fingerprint density at radius 1 is 0.923 bits per heavy atom. The fourth-order valence-electron chi connectivity index (χ4n) is 2.50. The van der Waals surface area contributed by atoms with Crippen LogP contribution in [0.25, 0.3) is 0 Å². The zero-order valence-electron chi connectivity index (χ0n) is 14.1. The molecule has 1 aliphatic rings. The van der Waals surface area contributed by atoms with E-state index in [2.05, 4.69) is 4.99 Å². The van der Waals surface area contributed by atoms with Crippen LogP contribution in [-0.2, 0) is 24.4 Å². The third-order valence-electron chi connectivity index (χ3n) is 3.88. The molecule has 0 amide bonds. The molecular formula is C17H17NO6S2. The molecule has 0 aromatic heterocycles. The predicted molar refractivity (Wildman–Crippen MR) is 97.9 cm³/mol. The summed E-state index contributed by atoms with van der Waals surface area (Å²) in [5.74, 6) is 1.05. The molecule has 1 heterocycles. The van der Waals surface area contributed by atoms with Crippen molar-refractivity contribution in [1.82, 2.24) is 0 Å². The maximum atomic E-state index is 12.1. The van der Waals surface area contributed by atoms with E-state index in [1.807, 2.05) is 18.2 Å². The van der Waals surface area contributed by atoms with Crippen molar-refractivity contribution in [2.45, 2.75) is 4.20 Å². The Morgan fingerprint density at radius 2 is 1.54 bits per heavy atom. The lowest BCUT2D eigenvalue weighted by atomic mass is 10.2. The molecule has 0 unspecified atom stereocenters. The molecule has 0 N–H and O–H groups in total. The minimum Gasteiger partial charge on any atom is -0.473 e. The third kappa shape index (κ3) is 3.32. The summed E-state index contributed by atoms with van der Waals surface area (Å²) in [5.41, 5.74) is 0.424. The van der Waals surface area contributed by atoms with Crippen molar-refractivity contribution in [1.29, 1.82) is 0 Å². The van der Waals surface area contributed by atoms with Crippen LogP contribution < -0.4 is 4.74 Å².